The number of carboxylic acid groups (broad SMARTS) is 1. The number of carbonyl (C=O) groups excluding carboxylic acids is 1. The molecule has 2 fully saturated rings. The lowest BCUT2D eigenvalue weighted by Gasteiger charge is -2.26. The van der Waals surface area contributed by atoms with Gasteiger partial charge in [0.15, 0.2) is 0 Å². The van der Waals surface area contributed by atoms with E-state index >= 15 is 0 Å². The summed E-state index contributed by atoms with van der Waals surface area (Å²) in [5.74, 6) is -0.646. The zero-order valence-electron chi connectivity index (χ0n) is 16.8. The normalized spacial score (nSPS) is 17.8. The summed E-state index contributed by atoms with van der Waals surface area (Å²) in [5.41, 5.74) is 0.927. The maximum atomic E-state index is 12.9. The molecule has 2 aliphatic rings. The number of aliphatic carboxylic acids is 1. The minimum atomic E-state index is -1.01. The van der Waals surface area contributed by atoms with Gasteiger partial charge < -0.3 is 10.0 Å². The van der Waals surface area contributed by atoms with Crippen molar-refractivity contribution in [1.82, 2.24) is 9.47 Å². The Labute approximate surface area is 183 Å². The number of carbonyl (C=O) groups is 2. The SMILES string of the molecule is CCn1c(N2CCCC2)c(/C=C2/SC(=S)N(CCC(=O)O)C2=O)c(C)c(C#N)c1=O. The zero-order valence-corrected chi connectivity index (χ0v) is 18.4. The van der Waals surface area contributed by atoms with Crippen LogP contribution in [0.5, 0.6) is 0 Å². The first kappa shape index (κ1) is 22.1. The first-order valence-electron chi connectivity index (χ1n) is 9.69. The van der Waals surface area contributed by atoms with Crippen LogP contribution in [0.2, 0.25) is 0 Å². The van der Waals surface area contributed by atoms with Gasteiger partial charge >= 0.3 is 5.97 Å². The van der Waals surface area contributed by atoms with Gasteiger partial charge in [0.05, 0.1) is 11.3 Å². The third kappa shape index (κ3) is 4.00. The second-order valence-electron chi connectivity index (χ2n) is 7.07. The topological polar surface area (TPSA) is 107 Å². The monoisotopic (exact) mass is 446 g/mol. The van der Waals surface area contributed by atoms with Crippen LogP contribution in [0.3, 0.4) is 0 Å². The Bertz CT molecular complexity index is 1050. The third-order valence-corrected chi connectivity index (χ3v) is 6.64. The number of thiocarbonyl (C=S) groups is 1. The highest BCUT2D eigenvalue weighted by Crippen LogP contribution is 2.36. The van der Waals surface area contributed by atoms with Crippen molar-refractivity contribution in [3.63, 3.8) is 0 Å². The molecule has 0 radical (unpaired) electrons. The Morgan fingerprint density at radius 2 is 2.00 bits per heavy atom. The van der Waals surface area contributed by atoms with Crippen LogP contribution in [0, 0.1) is 18.3 Å². The van der Waals surface area contributed by atoms with Crippen LogP contribution in [-0.2, 0) is 16.1 Å². The molecule has 0 atom stereocenters. The van der Waals surface area contributed by atoms with E-state index in [9.17, 15) is 19.6 Å². The molecule has 158 valence electrons. The predicted octanol–water partition coefficient (Wildman–Crippen LogP) is 2.32. The van der Waals surface area contributed by atoms with Crippen molar-refractivity contribution >= 4 is 52.1 Å². The fraction of sp³-hybridized carbons (Fsp3) is 0.450. The van der Waals surface area contributed by atoms with Gasteiger partial charge in [-0.05, 0) is 38.3 Å². The Morgan fingerprint density at radius 3 is 2.57 bits per heavy atom. The zero-order chi connectivity index (χ0) is 22.0. The number of anilines is 1. The van der Waals surface area contributed by atoms with Crippen molar-refractivity contribution < 1.29 is 14.7 Å². The van der Waals surface area contributed by atoms with Gasteiger partial charge in [-0.1, -0.05) is 24.0 Å². The second-order valence-corrected chi connectivity index (χ2v) is 8.75. The van der Waals surface area contributed by atoms with Gasteiger partial charge in [0, 0.05) is 31.7 Å². The molecule has 1 aromatic heterocycles. The smallest absolute Gasteiger partial charge is 0.305 e. The first-order valence-corrected chi connectivity index (χ1v) is 10.9. The van der Waals surface area contributed by atoms with E-state index in [-0.39, 0.29) is 30.0 Å². The minimum absolute atomic E-state index is 0.00715. The fourth-order valence-corrected chi connectivity index (χ4v) is 5.03. The van der Waals surface area contributed by atoms with E-state index in [4.69, 9.17) is 17.3 Å². The molecule has 30 heavy (non-hydrogen) atoms. The number of aromatic nitrogens is 1. The van der Waals surface area contributed by atoms with E-state index in [2.05, 4.69) is 4.90 Å². The van der Waals surface area contributed by atoms with E-state index in [1.54, 1.807) is 17.6 Å². The van der Waals surface area contributed by atoms with E-state index < -0.39 is 5.97 Å². The standard InChI is InChI=1S/C20H22N4O4S2/c1-3-23-17(22-7-4-5-8-22)13(12(2)14(11-21)18(23)27)10-15-19(28)24(20(29)30-15)9-6-16(25)26/h10H,3-9H2,1-2H3,(H,25,26)/b15-10+. The summed E-state index contributed by atoms with van der Waals surface area (Å²) in [4.78, 5) is 40.4. The van der Waals surface area contributed by atoms with E-state index in [1.807, 2.05) is 13.0 Å². The number of nitrogens with zero attached hydrogens (tertiary/aromatic N) is 4. The van der Waals surface area contributed by atoms with Crippen molar-refractivity contribution in [1.29, 1.82) is 5.26 Å². The number of hydrogen-bond donors (Lipinski definition) is 1. The highest BCUT2D eigenvalue weighted by atomic mass is 32.2. The largest absolute Gasteiger partial charge is 0.481 e. The highest BCUT2D eigenvalue weighted by molar-refractivity contribution is 8.26. The van der Waals surface area contributed by atoms with Gasteiger partial charge in [-0.15, -0.1) is 0 Å². The number of rotatable bonds is 6. The second kappa shape index (κ2) is 9.02. The Hall–Kier alpha value is -2.64. The quantitative estimate of drug-likeness (QED) is 0.524. The van der Waals surface area contributed by atoms with Crippen LogP contribution in [0.25, 0.3) is 6.08 Å². The molecule has 0 saturated carbocycles. The highest BCUT2D eigenvalue weighted by Gasteiger charge is 2.33. The summed E-state index contributed by atoms with van der Waals surface area (Å²) >= 11 is 6.38. The van der Waals surface area contributed by atoms with Gasteiger partial charge in [-0.25, -0.2) is 0 Å². The van der Waals surface area contributed by atoms with E-state index in [0.29, 0.717) is 32.7 Å². The van der Waals surface area contributed by atoms with Gasteiger partial charge in [0.2, 0.25) is 0 Å². The molecule has 8 nitrogen and oxygen atoms in total. The van der Waals surface area contributed by atoms with Crippen molar-refractivity contribution in [3.8, 4) is 6.07 Å². The van der Waals surface area contributed by atoms with Crippen LogP contribution < -0.4 is 10.5 Å². The van der Waals surface area contributed by atoms with Gasteiger partial charge in [0.25, 0.3) is 11.5 Å². The first-order chi connectivity index (χ1) is 14.3. The van der Waals surface area contributed by atoms with Crippen LogP contribution in [-0.4, -0.2) is 50.4 Å². The molecule has 0 bridgehead atoms. The Kier molecular flexibility index (Phi) is 6.63. The Morgan fingerprint density at radius 1 is 1.33 bits per heavy atom. The summed E-state index contributed by atoms with van der Waals surface area (Å²) in [5, 5.41) is 18.5. The summed E-state index contributed by atoms with van der Waals surface area (Å²) in [6.07, 6.45) is 3.51. The molecule has 2 saturated heterocycles. The molecule has 0 aromatic carbocycles. The average molecular weight is 447 g/mol. The van der Waals surface area contributed by atoms with E-state index in [1.165, 1.54) is 4.90 Å². The number of carboxylic acids is 1. The summed E-state index contributed by atoms with van der Waals surface area (Å²) < 4.78 is 1.89. The van der Waals surface area contributed by atoms with Crippen LogP contribution in [0.1, 0.15) is 42.9 Å². The molecule has 10 heteroatoms. The lowest BCUT2D eigenvalue weighted by molar-refractivity contribution is -0.137. The molecule has 1 aromatic rings. The number of thioether (sulfide) groups is 1. The molecule has 0 spiro atoms. The molecular weight excluding hydrogens is 424 g/mol. The lowest BCUT2D eigenvalue weighted by Crippen LogP contribution is -2.33. The molecule has 1 amide bonds. The third-order valence-electron chi connectivity index (χ3n) is 5.27. The molecule has 2 aliphatic heterocycles. The molecule has 3 rings (SSSR count). The van der Waals surface area contributed by atoms with Crippen LogP contribution in [0.4, 0.5) is 5.82 Å². The summed E-state index contributed by atoms with van der Waals surface area (Å²) in [6.45, 7) is 5.58. The molecule has 3 heterocycles. The van der Waals surface area contributed by atoms with Crippen LogP contribution in [0.15, 0.2) is 9.70 Å². The average Bonchev–Trinajstić information content (AvgIpc) is 3.31. The van der Waals surface area contributed by atoms with Crippen molar-refractivity contribution in [3.05, 3.63) is 31.9 Å². The summed E-state index contributed by atoms with van der Waals surface area (Å²) in [7, 11) is 0. The minimum Gasteiger partial charge on any atom is -0.481 e. The van der Waals surface area contributed by atoms with Gasteiger partial charge in [-0.2, -0.15) is 5.26 Å². The molecule has 1 N–H and O–H groups in total. The fourth-order valence-electron chi connectivity index (χ4n) is 3.74. The van der Waals surface area contributed by atoms with E-state index in [0.717, 1.165) is 37.7 Å². The number of amides is 1. The van der Waals surface area contributed by atoms with Crippen LogP contribution >= 0.6 is 24.0 Å². The van der Waals surface area contributed by atoms with Crippen molar-refractivity contribution in [2.75, 3.05) is 24.5 Å². The van der Waals surface area contributed by atoms with Crippen molar-refractivity contribution in [2.45, 2.75) is 39.7 Å². The lowest BCUT2D eigenvalue weighted by atomic mass is 10.0. The number of hydrogen-bond acceptors (Lipinski definition) is 7. The van der Waals surface area contributed by atoms with Gasteiger partial charge in [-0.3, -0.25) is 23.9 Å². The summed E-state index contributed by atoms with van der Waals surface area (Å²) in [6, 6.07) is 2.01. The maximum Gasteiger partial charge on any atom is 0.305 e. The maximum absolute atomic E-state index is 12.9. The molecule has 0 aliphatic carbocycles. The van der Waals surface area contributed by atoms with Gasteiger partial charge in [0.1, 0.15) is 21.8 Å². The predicted molar refractivity (Wildman–Crippen MR) is 119 cm³/mol. The molecular formula is C20H22N4O4S2. The van der Waals surface area contributed by atoms with Crippen molar-refractivity contribution in [2.24, 2.45) is 0 Å². The molecule has 0 unspecified atom stereocenters. The number of nitriles is 1. The Balaban J connectivity index is 2.14. The number of pyridine rings is 1.